The maximum Gasteiger partial charge on any atom is 0.338 e. The van der Waals surface area contributed by atoms with Gasteiger partial charge in [-0.05, 0) is 63.0 Å². The standard InChI is InChI=1S/C11H9BrF2O3.C7H3BrF2O2/c1-2-17-11(16)5-10(15)6-3-9(14)7(12)4-8(6)13;8-4-2-5(9)3(7(11)12)1-6(4)10/h3-4H,2,5H2,1H3;1-2H,(H,11,12). The van der Waals surface area contributed by atoms with E-state index in [1.54, 1.807) is 6.92 Å². The van der Waals surface area contributed by atoms with Gasteiger partial charge in [0, 0.05) is 0 Å². The summed E-state index contributed by atoms with van der Waals surface area (Å²) in [5.74, 6) is -6.47. The minimum absolute atomic E-state index is 0.0808. The number of hydrogen-bond donors (Lipinski definition) is 1. The number of Topliss-reactive ketones (excluding diaryl/α,β-unsaturated/α-hetero) is 1. The zero-order valence-electron chi connectivity index (χ0n) is 14.6. The normalized spacial score (nSPS) is 10.0. The lowest BCUT2D eigenvalue weighted by Crippen LogP contribution is -2.13. The fourth-order valence-electron chi connectivity index (χ4n) is 1.86. The van der Waals surface area contributed by atoms with E-state index in [1.807, 2.05) is 0 Å². The third-order valence-electron chi connectivity index (χ3n) is 3.16. The Balaban J connectivity index is 0.000000308. The number of hydrogen-bond acceptors (Lipinski definition) is 4. The van der Waals surface area contributed by atoms with Crippen LogP contribution in [-0.4, -0.2) is 29.4 Å². The van der Waals surface area contributed by atoms with E-state index >= 15 is 0 Å². The first-order valence-electron chi connectivity index (χ1n) is 7.69. The van der Waals surface area contributed by atoms with Gasteiger partial charge < -0.3 is 9.84 Å². The van der Waals surface area contributed by atoms with Gasteiger partial charge in [0.25, 0.3) is 0 Å². The molecule has 1 N–H and O–H groups in total. The quantitative estimate of drug-likeness (QED) is 0.182. The Labute approximate surface area is 178 Å². The van der Waals surface area contributed by atoms with E-state index in [0.29, 0.717) is 6.07 Å². The number of ketones is 1. The van der Waals surface area contributed by atoms with E-state index < -0.39 is 58.5 Å². The van der Waals surface area contributed by atoms with Gasteiger partial charge in [0.05, 0.1) is 26.7 Å². The van der Waals surface area contributed by atoms with E-state index in [4.69, 9.17) is 5.11 Å². The Bertz CT molecular complexity index is 950. The summed E-state index contributed by atoms with van der Waals surface area (Å²) in [5, 5.41) is 8.36. The molecular weight excluding hydrogens is 532 g/mol. The molecule has 0 aliphatic carbocycles. The Morgan fingerprint density at radius 1 is 0.862 bits per heavy atom. The summed E-state index contributed by atoms with van der Waals surface area (Å²) in [6.45, 7) is 1.71. The lowest BCUT2D eigenvalue weighted by atomic mass is 10.1. The number of carboxylic acid groups (broad SMARTS) is 1. The number of rotatable bonds is 5. The Kier molecular flexibility index (Phi) is 9.44. The van der Waals surface area contributed by atoms with Gasteiger partial charge in [0.1, 0.15) is 29.7 Å². The highest BCUT2D eigenvalue weighted by Gasteiger charge is 2.18. The number of ether oxygens (including phenoxy) is 1. The summed E-state index contributed by atoms with van der Waals surface area (Å²) in [6.07, 6.45) is -0.605. The van der Waals surface area contributed by atoms with E-state index in [0.717, 1.165) is 18.2 Å². The van der Waals surface area contributed by atoms with Crippen molar-refractivity contribution in [2.45, 2.75) is 13.3 Å². The molecule has 2 aromatic rings. The van der Waals surface area contributed by atoms with Crippen molar-refractivity contribution in [2.75, 3.05) is 6.61 Å². The van der Waals surface area contributed by atoms with Crippen LogP contribution in [0.2, 0.25) is 0 Å². The van der Waals surface area contributed by atoms with Gasteiger partial charge in [0.15, 0.2) is 5.78 Å². The summed E-state index contributed by atoms with van der Waals surface area (Å²) >= 11 is 5.51. The van der Waals surface area contributed by atoms with E-state index in [-0.39, 0.29) is 15.6 Å². The van der Waals surface area contributed by atoms with Crippen LogP contribution in [0.4, 0.5) is 17.6 Å². The summed E-state index contributed by atoms with van der Waals surface area (Å²) in [5.41, 5.74) is -1.13. The highest BCUT2D eigenvalue weighted by molar-refractivity contribution is 9.10. The van der Waals surface area contributed by atoms with Gasteiger partial charge in [-0.2, -0.15) is 0 Å². The topological polar surface area (TPSA) is 80.7 Å². The average Bonchev–Trinajstić information content (AvgIpc) is 2.61. The maximum atomic E-state index is 13.3. The van der Waals surface area contributed by atoms with Crippen LogP contribution in [0.25, 0.3) is 0 Å². The zero-order chi connectivity index (χ0) is 22.3. The zero-order valence-corrected chi connectivity index (χ0v) is 17.7. The lowest BCUT2D eigenvalue weighted by Gasteiger charge is -2.04. The Morgan fingerprint density at radius 2 is 1.31 bits per heavy atom. The van der Waals surface area contributed by atoms with Gasteiger partial charge in [-0.25, -0.2) is 22.4 Å². The van der Waals surface area contributed by atoms with Crippen LogP contribution < -0.4 is 0 Å². The molecule has 0 bridgehead atoms. The molecule has 2 aromatic carbocycles. The number of esters is 1. The smallest absolute Gasteiger partial charge is 0.338 e. The van der Waals surface area contributed by atoms with Crippen molar-refractivity contribution in [3.8, 4) is 0 Å². The molecule has 0 saturated carbocycles. The minimum Gasteiger partial charge on any atom is -0.478 e. The number of aromatic carboxylic acids is 1. The molecule has 0 amide bonds. The van der Waals surface area contributed by atoms with Crippen LogP contribution >= 0.6 is 31.9 Å². The number of carboxylic acids is 1. The fourth-order valence-corrected chi connectivity index (χ4v) is 2.49. The van der Waals surface area contributed by atoms with Crippen molar-refractivity contribution in [1.29, 1.82) is 0 Å². The van der Waals surface area contributed by atoms with Gasteiger partial charge in [-0.15, -0.1) is 0 Å². The van der Waals surface area contributed by atoms with Gasteiger partial charge >= 0.3 is 11.9 Å². The molecule has 0 atom stereocenters. The van der Waals surface area contributed by atoms with Crippen LogP contribution in [0, 0.1) is 23.3 Å². The second kappa shape index (κ2) is 11.1. The molecule has 0 spiro atoms. The molecule has 0 fully saturated rings. The lowest BCUT2D eigenvalue weighted by molar-refractivity contribution is -0.141. The molecule has 0 heterocycles. The van der Waals surface area contributed by atoms with Crippen LogP contribution in [0.5, 0.6) is 0 Å². The van der Waals surface area contributed by atoms with Crippen LogP contribution in [0.3, 0.4) is 0 Å². The predicted molar refractivity (Wildman–Crippen MR) is 101 cm³/mol. The molecule has 0 unspecified atom stereocenters. The third-order valence-corrected chi connectivity index (χ3v) is 4.38. The fraction of sp³-hybridized carbons (Fsp3) is 0.167. The summed E-state index contributed by atoms with van der Waals surface area (Å²) in [4.78, 5) is 32.8. The van der Waals surface area contributed by atoms with Gasteiger partial charge in [0.2, 0.25) is 0 Å². The molecule has 0 radical (unpaired) electrons. The predicted octanol–water partition coefficient (Wildman–Crippen LogP) is 5.29. The van der Waals surface area contributed by atoms with Gasteiger partial charge in [-0.3, -0.25) is 9.59 Å². The molecule has 0 aromatic heterocycles. The SMILES string of the molecule is CCOC(=O)CC(=O)c1cc(F)c(Br)cc1F.O=C(O)c1cc(F)c(Br)cc1F. The molecule has 156 valence electrons. The van der Waals surface area contributed by atoms with Crippen molar-refractivity contribution < 1.29 is 41.8 Å². The highest BCUT2D eigenvalue weighted by Crippen LogP contribution is 2.21. The average molecular weight is 544 g/mol. The van der Waals surface area contributed by atoms with E-state index in [1.165, 1.54) is 0 Å². The molecule has 0 saturated heterocycles. The summed E-state index contributed by atoms with van der Waals surface area (Å²) < 4.78 is 56.2. The summed E-state index contributed by atoms with van der Waals surface area (Å²) in [6, 6.07) is 3.00. The first kappa shape index (κ1) is 24.8. The van der Waals surface area contributed by atoms with Crippen LogP contribution in [0.1, 0.15) is 34.1 Å². The number of carbonyl (C=O) groups excluding carboxylic acids is 2. The third kappa shape index (κ3) is 7.24. The Morgan fingerprint density at radius 3 is 1.76 bits per heavy atom. The summed E-state index contributed by atoms with van der Waals surface area (Å²) in [7, 11) is 0. The molecule has 5 nitrogen and oxygen atoms in total. The second-order valence-corrected chi connectivity index (χ2v) is 6.91. The number of benzene rings is 2. The molecule has 2 rings (SSSR count). The number of carbonyl (C=O) groups is 3. The first-order valence-corrected chi connectivity index (χ1v) is 9.27. The van der Waals surface area contributed by atoms with Crippen LogP contribution in [-0.2, 0) is 9.53 Å². The second-order valence-electron chi connectivity index (χ2n) is 5.20. The van der Waals surface area contributed by atoms with Crippen molar-refractivity contribution in [3.63, 3.8) is 0 Å². The molecule has 11 heteroatoms. The monoisotopic (exact) mass is 542 g/mol. The van der Waals surface area contributed by atoms with E-state index in [2.05, 4.69) is 36.6 Å². The molecular formula is C18H12Br2F4O5. The molecule has 29 heavy (non-hydrogen) atoms. The first-order chi connectivity index (χ1) is 13.5. The molecule has 0 aliphatic heterocycles. The van der Waals surface area contributed by atoms with Crippen molar-refractivity contribution >= 4 is 49.6 Å². The van der Waals surface area contributed by atoms with Crippen molar-refractivity contribution in [2.24, 2.45) is 0 Å². The Hall–Kier alpha value is -2.27. The van der Waals surface area contributed by atoms with Crippen LogP contribution in [0.15, 0.2) is 33.2 Å². The van der Waals surface area contributed by atoms with Gasteiger partial charge in [-0.1, -0.05) is 0 Å². The molecule has 0 aliphatic rings. The van der Waals surface area contributed by atoms with E-state index in [9.17, 15) is 31.9 Å². The largest absolute Gasteiger partial charge is 0.478 e. The van der Waals surface area contributed by atoms with Crippen molar-refractivity contribution in [1.82, 2.24) is 0 Å². The minimum atomic E-state index is -1.49. The highest BCUT2D eigenvalue weighted by atomic mass is 79.9. The number of halogens is 6. The van der Waals surface area contributed by atoms with Crippen molar-refractivity contribution in [3.05, 3.63) is 67.6 Å². The maximum absolute atomic E-state index is 13.3.